The molecule has 0 radical (unpaired) electrons. The molecule has 0 aromatic heterocycles. The summed E-state index contributed by atoms with van der Waals surface area (Å²) in [5, 5.41) is 3.28. The average molecular weight is 302 g/mol. The van der Waals surface area contributed by atoms with Crippen LogP contribution in [0.4, 0.5) is 4.39 Å². The van der Waals surface area contributed by atoms with Crippen molar-refractivity contribution in [3.8, 4) is 0 Å². The van der Waals surface area contributed by atoms with E-state index in [2.05, 4.69) is 21.2 Å². The fourth-order valence-electron chi connectivity index (χ4n) is 2.43. The van der Waals surface area contributed by atoms with Crippen molar-refractivity contribution in [2.75, 3.05) is 20.3 Å². The van der Waals surface area contributed by atoms with Crippen LogP contribution < -0.4 is 5.32 Å². The van der Waals surface area contributed by atoms with E-state index in [1.807, 2.05) is 7.05 Å². The third-order valence-corrected chi connectivity index (χ3v) is 3.99. The summed E-state index contributed by atoms with van der Waals surface area (Å²) in [4.78, 5) is 0. The van der Waals surface area contributed by atoms with Crippen molar-refractivity contribution in [3.05, 3.63) is 34.1 Å². The molecule has 0 bridgehead atoms. The lowest BCUT2D eigenvalue weighted by atomic mass is 9.89. The van der Waals surface area contributed by atoms with Gasteiger partial charge >= 0.3 is 0 Å². The molecule has 2 unspecified atom stereocenters. The van der Waals surface area contributed by atoms with Crippen molar-refractivity contribution in [2.24, 2.45) is 5.92 Å². The van der Waals surface area contributed by atoms with E-state index in [4.69, 9.17) is 4.74 Å². The maximum absolute atomic E-state index is 13.3. The van der Waals surface area contributed by atoms with Gasteiger partial charge in [0.2, 0.25) is 0 Å². The number of hydrogen-bond acceptors (Lipinski definition) is 2. The van der Waals surface area contributed by atoms with Gasteiger partial charge in [-0.1, -0.05) is 15.9 Å². The fraction of sp³-hybridized carbons (Fsp3) is 0.538. The lowest BCUT2D eigenvalue weighted by Gasteiger charge is -2.31. The zero-order valence-electron chi connectivity index (χ0n) is 9.88. The summed E-state index contributed by atoms with van der Waals surface area (Å²) >= 11 is 3.49. The SMILES string of the molecule is CNC(c1cc(F)ccc1Br)C1CCCOC1. The molecule has 94 valence electrons. The van der Waals surface area contributed by atoms with Crippen LogP contribution in [0.5, 0.6) is 0 Å². The minimum absolute atomic E-state index is 0.139. The largest absolute Gasteiger partial charge is 0.381 e. The Kier molecular flexibility index (Phi) is 4.54. The van der Waals surface area contributed by atoms with E-state index in [1.54, 1.807) is 12.1 Å². The first kappa shape index (κ1) is 13.0. The molecule has 0 aliphatic carbocycles. The molecule has 1 aliphatic heterocycles. The Balaban J connectivity index is 2.24. The van der Waals surface area contributed by atoms with Gasteiger partial charge in [0.1, 0.15) is 5.82 Å². The smallest absolute Gasteiger partial charge is 0.123 e. The van der Waals surface area contributed by atoms with Crippen molar-refractivity contribution < 1.29 is 9.13 Å². The van der Waals surface area contributed by atoms with E-state index in [0.29, 0.717) is 5.92 Å². The normalized spacial score (nSPS) is 22.4. The third kappa shape index (κ3) is 3.06. The van der Waals surface area contributed by atoms with Crippen LogP contribution in [0.25, 0.3) is 0 Å². The summed E-state index contributed by atoms with van der Waals surface area (Å²) in [6.45, 7) is 1.59. The fourth-order valence-corrected chi connectivity index (χ4v) is 2.92. The van der Waals surface area contributed by atoms with Crippen molar-refractivity contribution in [2.45, 2.75) is 18.9 Å². The van der Waals surface area contributed by atoms with Crippen molar-refractivity contribution in [3.63, 3.8) is 0 Å². The number of nitrogens with one attached hydrogen (secondary N) is 1. The predicted molar refractivity (Wildman–Crippen MR) is 69.4 cm³/mol. The molecule has 2 atom stereocenters. The number of halogens is 2. The van der Waals surface area contributed by atoms with Crippen LogP contribution in [0.3, 0.4) is 0 Å². The first-order valence-electron chi connectivity index (χ1n) is 5.92. The van der Waals surface area contributed by atoms with Crippen LogP contribution in [0.15, 0.2) is 22.7 Å². The molecule has 1 N–H and O–H groups in total. The maximum atomic E-state index is 13.3. The molecule has 1 aromatic carbocycles. The Morgan fingerprint density at radius 1 is 1.53 bits per heavy atom. The third-order valence-electron chi connectivity index (χ3n) is 3.27. The predicted octanol–water partition coefficient (Wildman–Crippen LogP) is 3.28. The number of hydrogen-bond donors (Lipinski definition) is 1. The standard InChI is InChI=1S/C13H17BrFNO/c1-16-13(9-3-2-6-17-8-9)11-7-10(15)4-5-12(11)14/h4-5,7,9,13,16H,2-3,6,8H2,1H3. The van der Waals surface area contributed by atoms with Crippen molar-refractivity contribution >= 4 is 15.9 Å². The highest BCUT2D eigenvalue weighted by Crippen LogP contribution is 2.33. The molecule has 2 nitrogen and oxygen atoms in total. The van der Waals surface area contributed by atoms with Gasteiger partial charge in [-0.15, -0.1) is 0 Å². The molecular weight excluding hydrogens is 285 g/mol. The summed E-state index contributed by atoms with van der Waals surface area (Å²) in [5.74, 6) is 0.215. The molecular formula is C13H17BrFNO. The van der Waals surface area contributed by atoms with E-state index in [-0.39, 0.29) is 11.9 Å². The molecule has 1 fully saturated rings. The number of benzene rings is 1. The Hall–Kier alpha value is -0.450. The van der Waals surface area contributed by atoms with Gasteiger partial charge in [0.25, 0.3) is 0 Å². The van der Waals surface area contributed by atoms with Crippen LogP contribution in [-0.2, 0) is 4.74 Å². The van der Waals surface area contributed by atoms with Crippen LogP contribution in [0.2, 0.25) is 0 Å². The molecule has 2 rings (SSSR count). The van der Waals surface area contributed by atoms with Crippen LogP contribution in [0, 0.1) is 11.7 Å². The Morgan fingerprint density at radius 2 is 2.35 bits per heavy atom. The zero-order valence-corrected chi connectivity index (χ0v) is 11.5. The van der Waals surface area contributed by atoms with E-state index in [9.17, 15) is 4.39 Å². The second kappa shape index (κ2) is 5.94. The Morgan fingerprint density at radius 3 is 3.00 bits per heavy atom. The Labute approximate surface area is 110 Å². The zero-order chi connectivity index (χ0) is 12.3. The summed E-state index contributed by atoms with van der Waals surface area (Å²) < 4.78 is 19.8. The number of rotatable bonds is 3. The number of ether oxygens (including phenoxy) is 1. The highest BCUT2D eigenvalue weighted by Gasteiger charge is 2.26. The average Bonchev–Trinajstić information content (AvgIpc) is 2.36. The molecule has 0 spiro atoms. The van der Waals surface area contributed by atoms with Gasteiger partial charge in [-0.2, -0.15) is 0 Å². The van der Waals surface area contributed by atoms with Gasteiger partial charge in [0, 0.05) is 23.0 Å². The highest BCUT2D eigenvalue weighted by atomic mass is 79.9. The molecule has 4 heteroatoms. The lowest BCUT2D eigenvalue weighted by Crippen LogP contribution is -2.31. The summed E-state index contributed by atoms with van der Waals surface area (Å²) in [7, 11) is 1.91. The minimum Gasteiger partial charge on any atom is -0.381 e. The monoisotopic (exact) mass is 301 g/mol. The molecule has 1 heterocycles. The first-order chi connectivity index (χ1) is 8.22. The van der Waals surface area contributed by atoms with Gasteiger partial charge < -0.3 is 10.1 Å². The second-order valence-electron chi connectivity index (χ2n) is 4.41. The maximum Gasteiger partial charge on any atom is 0.123 e. The Bertz CT molecular complexity index is 380. The van der Waals surface area contributed by atoms with Gasteiger partial charge in [0.05, 0.1) is 6.61 Å². The summed E-state index contributed by atoms with van der Waals surface area (Å²) in [5.41, 5.74) is 0.975. The van der Waals surface area contributed by atoms with E-state index in [1.165, 1.54) is 6.07 Å². The van der Waals surface area contributed by atoms with Crippen LogP contribution in [-0.4, -0.2) is 20.3 Å². The van der Waals surface area contributed by atoms with Gasteiger partial charge in [-0.25, -0.2) is 4.39 Å². The second-order valence-corrected chi connectivity index (χ2v) is 5.26. The van der Waals surface area contributed by atoms with Crippen molar-refractivity contribution in [1.82, 2.24) is 5.32 Å². The van der Waals surface area contributed by atoms with E-state index >= 15 is 0 Å². The lowest BCUT2D eigenvalue weighted by molar-refractivity contribution is 0.0400. The minimum atomic E-state index is -0.194. The van der Waals surface area contributed by atoms with Crippen molar-refractivity contribution in [1.29, 1.82) is 0 Å². The van der Waals surface area contributed by atoms with E-state index < -0.39 is 0 Å². The summed E-state index contributed by atoms with van der Waals surface area (Å²) in [6.07, 6.45) is 2.20. The van der Waals surface area contributed by atoms with Crippen LogP contribution >= 0.6 is 15.9 Å². The molecule has 1 aliphatic rings. The molecule has 17 heavy (non-hydrogen) atoms. The highest BCUT2D eigenvalue weighted by molar-refractivity contribution is 9.10. The van der Waals surface area contributed by atoms with Gasteiger partial charge in [-0.3, -0.25) is 0 Å². The van der Waals surface area contributed by atoms with Gasteiger partial charge in [-0.05, 0) is 43.7 Å². The van der Waals surface area contributed by atoms with Gasteiger partial charge in [0.15, 0.2) is 0 Å². The van der Waals surface area contributed by atoms with Crippen LogP contribution in [0.1, 0.15) is 24.4 Å². The first-order valence-corrected chi connectivity index (χ1v) is 6.71. The molecule has 0 amide bonds. The molecule has 1 aromatic rings. The molecule has 1 saturated heterocycles. The van der Waals surface area contributed by atoms with E-state index in [0.717, 1.165) is 36.1 Å². The topological polar surface area (TPSA) is 21.3 Å². The molecule has 0 saturated carbocycles. The summed E-state index contributed by atoms with van der Waals surface area (Å²) in [6, 6.07) is 4.97. The quantitative estimate of drug-likeness (QED) is 0.925.